The Morgan fingerprint density at radius 3 is 2.96 bits per heavy atom. The maximum Gasteiger partial charge on any atom is 0.338 e. The van der Waals surface area contributed by atoms with Crippen molar-refractivity contribution in [2.24, 2.45) is 0 Å². The molecule has 23 heavy (non-hydrogen) atoms. The van der Waals surface area contributed by atoms with Gasteiger partial charge in [-0.25, -0.2) is 9.48 Å². The van der Waals surface area contributed by atoms with Crippen molar-refractivity contribution >= 4 is 11.9 Å². The minimum atomic E-state index is -0.393. The Morgan fingerprint density at radius 2 is 2.30 bits per heavy atom. The van der Waals surface area contributed by atoms with Crippen LogP contribution in [-0.2, 0) is 9.53 Å². The van der Waals surface area contributed by atoms with Gasteiger partial charge >= 0.3 is 5.97 Å². The molecule has 1 aliphatic heterocycles. The van der Waals surface area contributed by atoms with Gasteiger partial charge < -0.3 is 10.1 Å². The third-order valence-corrected chi connectivity index (χ3v) is 3.75. The van der Waals surface area contributed by atoms with E-state index in [0.717, 1.165) is 24.1 Å². The van der Waals surface area contributed by atoms with Crippen LogP contribution in [0, 0.1) is 6.92 Å². The van der Waals surface area contributed by atoms with E-state index in [1.54, 1.807) is 17.1 Å². The number of pyridine rings is 1. The van der Waals surface area contributed by atoms with Gasteiger partial charge in [0.25, 0.3) is 0 Å². The summed E-state index contributed by atoms with van der Waals surface area (Å²) in [6.07, 6.45) is 5.07. The van der Waals surface area contributed by atoms with Crippen molar-refractivity contribution in [2.75, 3.05) is 12.4 Å². The SMILES string of the molecule is CCCC1=C(C(=O)OC)[C@H](c2cccnc2)n2nc(C)nc2N1. The summed E-state index contributed by atoms with van der Waals surface area (Å²) < 4.78 is 6.74. The van der Waals surface area contributed by atoms with Crippen LogP contribution >= 0.6 is 0 Å². The molecule has 0 spiro atoms. The molecule has 3 heterocycles. The summed E-state index contributed by atoms with van der Waals surface area (Å²) in [5, 5.41) is 7.68. The highest BCUT2D eigenvalue weighted by Crippen LogP contribution is 2.36. The number of nitrogens with one attached hydrogen (secondary N) is 1. The summed E-state index contributed by atoms with van der Waals surface area (Å²) in [6, 6.07) is 3.38. The average molecular weight is 313 g/mol. The number of esters is 1. The fourth-order valence-electron chi connectivity index (χ4n) is 2.82. The summed E-state index contributed by atoms with van der Waals surface area (Å²) in [6.45, 7) is 3.89. The van der Waals surface area contributed by atoms with E-state index in [4.69, 9.17) is 4.74 Å². The first-order valence-electron chi connectivity index (χ1n) is 7.57. The molecule has 0 unspecified atom stereocenters. The van der Waals surface area contributed by atoms with Crippen molar-refractivity contribution in [3.63, 3.8) is 0 Å². The van der Waals surface area contributed by atoms with Gasteiger partial charge in [-0.2, -0.15) is 10.1 Å². The highest BCUT2D eigenvalue weighted by molar-refractivity contribution is 5.92. The molecule has 0 radical (unpaired) electrons. The Balaban J connectivity index is 2.21. The molecule has 0 amide bonds. The van der Waals surface area contributed by atoms with Gasteiger partial charge in [0.1, 0.15) is 11.9 Å². The van der Waals surface area contributed by atoms with Crippen LogP contribution in [0.4, 0.5) is 5.95 Å². The van der Waals surface area contributed by atoms with Gasteiger partial charge in [-0.1, -0.05) is 19.4 Å². The van der Waals surface area contributed by atoms with E-state index in [9.17, 15) is 4.79 Å². The zero-order valence-electron chi connectivity index (χ0n) is 13.4. The van der Waals surface area contributed by atoms with Crippen LogP contribution < -0.4 is 5.32 Å². The summed E-state index contributed by atoms with van der Waals surface area (Å²) in [4.78, 5) is 21.0. The van der Waals surface area contributed by atoms with Gasteiger partial charge in [-0.15, -0.1) is 0 Å². The van der Waals surface area contributed by atoms with Crippen molar-refractivity contribution in [2.45, 2.75) is 32.7 Å². The number of fused-ring (bicyclic) bond motifs is 1. The first-order valence-corrected chi connectivity index (χ1v) is 7.57. The molecular weight excluding hydrogens is 294 g/mol. The largest absolute Gasteiger partial charge is 0.466 e. The van der Waals surface area contributed by atoms with Crippen molar-refractivity contribution < 1.29 is 9.53 Å². The van der Waals surface area contributed by atoms with E-state index in [-0.39, 0.29) is 5.97 Å². The Kier molecular flexibility index (Phi) is 4.10. The Hall–Kier alpha value is -2.70. The van der Waals surface area contributed by atoms with Crippen molar-refractivity contribution in [1.29, 1.82) is 0 Å². The number of hydrogen-bond donors (Lipinski definition) is 1. The summed E-state index contributed by atoms with van der Waals surface area (Å²) in [5.41, 5.74) is 2.25. The standard InChI is InChI=1S/C16H19N5O2/c1-4-6-12-13(15(22)23-3)14(11-7-5-8-17-9-11)21-16(19-12)18-10(2)20-21/h5,7-9,14H,4,6H2,1-3H3,(H,18,19,20)/t14-/m0/s1. The maximum atomic E-state index is 12.5. The number of carbonyl (C=O) groups is 1. The highest BCUT2D eigenvalue weighted by Gasteiger charge is 2.35. The van der Waals surface area contributed by atoms with E-state index < -0.39 is 6.04 Å². The average Bonchev–Trinajstić information content (AvgIpc) is 2.93. The first-order chi connectivity index (χ1) is 11.2. The monoisotopic (exact) mass is 313 g/mol. The number of allylic oxidation sites excluding steroid dienone is 1. The smallest absolute Gasteiger partial charge is 0.338 e. The zero-order chi connectivity index (χ0) is 16.4. The van der Waals surface area contributed by atoms with E-state index in [2.05, 4.69) is 27.3 Å². The van der Waals surface area contributed by atoms with Gasteiger partial charge in [-0.3, -0.25) is 4.98 Å². The number of aryl methyl sites for hydroxylation is 1. The maximum absolute atomic E-state index is 12.5. The molecule has 120 valence electrons. The second-order valence-corrected chi connectivity index (χ2v) is 5.37. The van der Waals surface area contributed by atoms with E-state index in [1.807, 2.05) is 19.1 Å². The minimum Gasteiger partial charge on any atom is -0.466 e. The number of methoxy groups -OCH3 is 1. The molecule has 0 aliphatic carbocycles. The molecule has 7 nitrogen and oxygen atoms in total. The lowest BCUT2D eigenvalue weighted by atomic mass is 9.95. The molecule has 7 heteroatoms. The Morgan fingerprint density at radius 1 is 1.48 bits per heavy atom. The fourth-order valence-corrected chi connectivity index (χ4v) is 2.82. The van der Waals surface area contributed by atoms with Crippen LogP contribution in [0.2, 0.25) is 0 Å². The summed E-state index contributed by atoms with van der Waals surface area (Å²) in [5.74, 6) is 0.907. The molecule has 0 fully saturated rings. The third-order valence-electron chi connectivity index (χ3n) is 3.75. The second kappa shape index (κ2) is 6.20. The van der Waals surface area contributed by atoms with Gasteiger partial charge in [-0.05, 0) is 25.0 Å². The third kappa shape index (κ3) is 2.69. The molecule has 0 bridgehead atoms. The molecule has 0 aromatic carbocycles. The molecule has 1 atom stereocenters. The van der Waals surface area contributed by atoms with Gasteiger partial charge in [0.15, 0.2) is 0 Å². The molecule has 2 aromatic rings. The van der Waals surface area contributed by atoms with Crippen LogP contribution in [0.1, 0.15) is 37.2 Å². The van der Waals surface area contributed by atoms with E-state index >= 15 is 0 Å². The highest BCUT2D eigenvalue weighted by atomic mass is 16.5. The predicted molar refractivity (Wildman–Crippen MR) is 84.7 cm³/mol. The van der Waals surface area contributed by atoms with Gasteiger partial charge in [0.05, 0.1) is 12.7 Å². The van der Waals surface area contributed by atoms with Crippen LogP contribution in [0.5, 0.6) is 0 Å². The minimum absolute atomic E-state index is 0.367. The summed E-state index contributed by atoms with van der Waals surface area (Å²) >= 11 is 0. The number of aromatic nitrogens is 4. The first kappa shape index (κ1) is 15.2. The van der Waals surface area contributed by atoms with Crippen LogP contribution in [-0.4, -0.2) is 32.8 Å². The quantitative estimate of drug-likeness (QED) is 0.872. The number of anilines is 1. The van der Waals surface area contributed by atoms with Crippen LogP contribution in [0.25, 0.3) is 0 Å². The lowest BCUT2D eigenvalue weighted by molar-refractivity contribution is -0.136. The fraction of sp³-hybridized carbons (Fsp3) is 0.375. The molecule has 2 aromatic heterocycles. The molecule has 3 rings (SSSR count). The Labute approximate surface area is 134 Å². The Bertz CT molecular complexity index is 751. The number of rotatable bonds is 4. The molecule has 1 aliphatic rings. The van der Waals surface area contributed by atoms with Crippen molar-refractivity contribution in [3.8, 4) is 0 Å². The topological polar surface area (TPSA) is 81.9 Å². The van der Waals surface area contributed by atoms with Crippen LogP contribution in [0.3, 0.4) is 0 Å². The van der Waals surface area contributed by atoms with Crippen LogP contribution in [0.15, 0.2) is 35.8 Å². The van der Waals surface area contributed by atoms with Crippen molar-refractivity contribution in [1.82, 2.24) is 19.7 Å². The number of hydrogen-bond acceptors (Lipinski definition) is 6. The molecule has 0 saturated carbocycles. The lowest BCUT2D eigenvalue weighted by Gasteiger charge is -2.28. The second-order valence-electron chi connectivity index (χ2n) is 5.37. The number of ether oxygens (including phenoxy) is 1. The predicted octanol–water partition coefficient (Wildman–Crippen LogP) is 2.22. The lowest BCUT2D eigenvalue weighted by Crippen LogP contribution is -2.30. The summed E-state index contributed by atoms with van der Waals surface area (Å²) in [7, 11) is 1.39. The van der Waals surface area contributed by atoms with E-state index in [1.165, 1.54) is 7.11 Å². The van der Waals surface area contributed by atoms with Crippen molar-refractivity contribution in [3.05, 3.63) is 47.2 Å². The molecular formula is C16H19N5O2. The molecule has 0 saturated heterocycles. The van der Waals surface area contributed by atoms with Gasteiger partial charge in [0, 0.05) is 18.1 Å². The molecule has 1 N–H and O–H groups in total. The zero-order valence-corrected chi connectivity index (χ0v) is 13.4. The van der Waals surface area contributed by atoms with E-state index in [0.29, 0.717) is 17.3 Å². The number of carbonyl (C=O) groups excluding carboxylic acids is 1. The number of nitrogens with zero attached hydrogens (tertiary/aromatic N) is 4. The van der Waals surface area contributed by atoms with Gasteiger partial charge in [0.2, 0.25) is 5.95 Å². The normalized spacial score (nSPS) is 16.7.